The van der Waals surface area contributed by atoms with Crippen molar-refractivity contribution < 1.29 is 19.3 Å². The molecule has 1 aromatic carbocycles. The zero-order chi connectivity index (χ0) is 12.0. The average Bonchev–Trinajstić information content (AvgIpc) is 2.34. The van der Waals surface area contributed by atoms with Gasteiger partial charge < -0.3 is 19.3 Å². The highest BCUT2D eigenvalue weighted by atomic mass is 16.5. The summed E-state index contributed by atoms with van der Waals surface area (Å²) < 4.78 is 15.7. The molecule has 0 saturated heterocycles. The number of aliphatic hydroxyl groups excluding tert-OH is 1. The summed E-state index contributed by atoms with van der Waals surface area (Å²) in [5.41, 5.74) is 0.979. The smallest absolute Gasteiger partial charge is 0.164 e. The largest absolute Gasteiger partial charge is 0.497 e. The fourth-order valence-corrected chi connectivity index (χ4v) is 1.59. The third-order valence-electron chi connectivity index (χ3n) is 2.37. The van der Waals surface area contributed by atoms with E-state index in [-0.39, 0.29) is 6.61 Å². The quantitative estimate of drug-likeness (QED) is 0.801. The van der Waals surface area contributed by atoms with E-state index in [4.69, 9.17) is 19.3 Å². The zero-order valence-corrected chi connectivity index (χ0v) is 9.95. The minimum Gasteiger partial charge on any atom is -0.497 e. The zero-order valence-electron chi connectivity index (χ0n) is 9.95. The Kier molecular flexibility index (Phi) is 4.92. The fourth-order valence-electron chi connectivity index (χ4n) is 1.59. The first-order valence-corrected chi connectivity index (χ1v) is 5.16. The molecule has 0 aliphatic heterocycles. The third-order valence-corrected chi connectivity index (χ3v) is 2.37. The van der Waals surface area contributed by atoms with E-state index in [1.54, 1.807) is 27.4 Å². The number of rotatable bonds is 6. The van der Waals surface area contributed by atoms with Gasteiger partial charge in [0, 0.05) is 18.2 Å². The van der Waals surface area contributed by atoms with Gasteiger partial charge in [0.1, 0.15) is 5.75 Å². The van der Waals surface area contributed by atoms with Gasteiger partial charge in [-0.05, 0) is 18.9 Å². The topological polar surface area (TPSA) is 47.9 Å². The minimum absolute atomic E-state index is 0.155. The van der Waals surface area contributed by atoms with Gasteiger partial charge in [-0.2, -0.15) is 0 Å². The lowest BCUT2D eigenvalue weighted by molar-refractivity contribution is 0.287. The van der Waals surface area contributed by atoms with Crippen LogP contribution in [-0.4, -0.2) is 33.0 Å². The Morgan fingerprint density at radius 3 is 2.31 bits per heavy atom. The van der Waals surface area contributed by atoms with Gasteiger partial charge in [0.2, 0.25) is 0 Å². The second-order valence-corrected chi connectivity index (χ2v) is 3.35. The van der Waals surface area contributed by atoms with Crippen molar-refractivity contribution in [2.24, 2.45) is 0 Å². The van der Waals surface area contributed by atoms with Gasteiger partial charge in [0.05, 0.1) is 21.3 Å². The van der Waals surface area contributed by atoms with Crippen molar-refractivity contribution in [3.63, 3.8) is 0 Å². The Hall–Kier alpha value is -1.42. The van der Waals surface area contributed by atoms with Crippen molar-refractivity contribution in [2.75, 3.05) is 27.9 Å². The summed E-state index contributed by atoms with van der Waals surface area (Å²) in [6.07, 6.45) is 1.42. The number of hydrogen-bond donors (Lipinski definition) is 1. The Morgan fingerprint density at radius 2 is 1.81 bits per heavy atom. The van der Waals surface area contributed by atoms with Crippen molar-refractivity contribution in [1.29, 1.82) is 0 Å². The molecular weight excluding hydrogens is 208 g/mol. The molecule has 0 aliphatic carbocycles. The number of benzene rings is 1. The van der Waals surface area contributed by atoms with Crippen LogP contribution in [0.25, 0.3) is 0 Å². The van der Waals surface area contributed by atoms with E-state index in [9.17, 15) is 0 Å². The maximum absolute atomic E-state index is 8.84. The van der Waals surface area contributed by atoms with Gasteiger partial charge in [-0.1, -0.05) is 0 Å². The van der Waals surface area contributed by atoms with Gasteiger partial charge in [-0.3, -0.25) is 0 Å². The molecule has 1 N–H and O–H groups in total. The summed E-state index contributed by atoms with van der Waals surface area (Å²) in [6, 6.07) is 3.68. The minimum atomic E-state index is 0.155. The van der Waals surface area contributed by atoms with Gasteiger partial charge in [0.25, 0.3) is 0 Å². The van der Waals surface area contributed by atoms with E-state index < -0.39 is 0 Å². The van der Waals surface area contributed by atoms with Crippen LogP contribution in [0.5, 0.6) is 17.2 Å². The molecule has 4 heteroatoms. The molecule has 0 aromatic heterocycles. The number of aryl methyl sites for hydroxylation is 1. The Morgan fingerprint density at radius 1 is 1.06 bits per heavy atom. The highest BCUT2D eigenvalue weighted by Gasteiger charge is 2.12. The van der Waals surface area contributed by atoms with Crippen LogP contribution in [-0.2, 0) is 6.42 Å². The van der Waals surface area contributed by atoms with Gasteiger partial charge in [0.15, 0.2) is 11.5 Å². The standard InChI is InChI=1S/C12H18O4/c1-14-10-7-9(5-4-6-13)12(16-3)11(8-10)15-2/h7-8,13H,4-6H2,1-3H3. The lowest BCUT2D eigenvalue weighted by Gasteiger charge is -2.14. The SMILES string of the molecule is COc1cc(CCCO)c(OC)c(OC)c1. The molecule has 0 atom stereocenters. The molecule has 1 aromatic rings. The maximum atomic E-state index is 8.84. The molecule has 0 aliphatic rings. The van der Waals surface area contributed by atoms with Crippen molar-refractivity contribution in [1.82, 2.24) is 0 Å². The van der Waals surface area contributed by atoms with E-state index in [1.807, 2.05) is 6.07 Å². The van der Waals surface area contributed by atoms with Crippen LogP contribution in [0.15, 0.2) is 12.1 Å². The van der Waals surface area contributed by atoms with E-state index in [0.717, 1.165) is 17.7 Å². The van der Waals surface area contributed by atoms with Crippen LogP contribution in [0.1, 0.15) is 12.0 Å². The summed E-state index contributed by atoms with van der Waals surface area (Å²) in [6.45, 7) is 0.155. The van der Waals surface area contributed by atoms with E-state index in [0.29, 0.717) is 17.9 Å². The van der Waals surface area contributed by atoms with Crippen molar-refractivity contribution >= 4 is 0 Å². The molecule has 0 spiro atoms. The summed E-state index contributed by atoms with van der Waals surface area (Å²) in [5, 5.41) is 8.84. The van der Waals surface area contributed by atoms with Crippen LogP contribution >= 0.6 is 0 Å². The normalized spacial score (nSPS) is 10.0. The molecule has 0 saturated carbocycles. The second-order valence-electron chi connectivity index (χ2n) is 3.35. The highest BCUT2D eigenvalue weighted by molar-refractivity contribution is 5.51. The predicted molar refractivity (Wildman–Crippen MR) is 61.5 cm³/mol. The monoisotopic (exact) mass is 226 g/mol. The lowest BCUT2D eigenvalue weighted by Crippen LogP contribution is -1.99. The van der Waals surface area contributed by atoms with E-state index >= 15 is 0 Å². The first-order chi connectivity index (χ1) is 7.76. The molecular formula is C12H18O4. The predicted octanol–water partition coefficient (Wildman–Crippen LogP) is 1.64. The molecule has 0 amide bonds. The molecule has 0 unspecified atom stereocenters. The molecule has 90 valence electrons. The van der Waals surface area contributed by atoms with Crippen LogP contribution in [0.2, 0.25) is 0 Å². The molecule has 4 nitrogen and oxygen atoms in total. The highest BCUT2D eigenvalue weighted by Crippen LogP contribution is 2.36. The van der Waals surface area contributed by atoms with Crippen molar-refractivity contribution in [3.05, 3.63) is 17.7 Å². The average molecular weight is 226 g/mol. The first kappa shape index (κ1) is 12.6. The summed E-state index contributed by atoms with van der Waals surface area (Å²) in [5.74, 6) is 2.08. The molecule has 0 bridgehead atoms. The fraction of sp³-hybridized carbons (Fsp3) is 0.500. The van der Waals surface area contributed by atoms with Crippen molar-refractivity contribution in [3.8, 4) is 17.2 Å². The van der Waals surface area contributed by atoms with Crippen LogP contribution < -0.4 is 14.2 Å². The van der Waals surface area contributed by atoms with Gasteiger partial charge >= 0.3 is 0 Å². The van der Waals surface area contributed by atoms with E-state index in [1.165, 1.54) is 0 Å². The number of methoxy groups -OCH3 is 3. The van der Waals surface area contributed by atoms with E-state index in [2.05, 4.69) is 0 Å². The second kappa shape index (κ2) is 6.23. The van der Waals surface area contributed by atoms with Crippen molar-refractivity contribution in [2.45, 2.75) is 12.8 Å². The molecule has 0 heterocycles. The summed E-state index contributed by atoms with van der Waals surface area (Å²) in [7, 11) is 4.80. The van der Waals surface area contributed by atoms with Crippen LogP contribution in [0, 0.1) is 0 Å². The van der Waals surface area contributed by atoms with Gasteiger partial charge in [-0.15, -0.1) is 0 Å². The number of hydrogen-bond acceptors (Lipinski definition) is 4. The van der Waals surface area contributed by atoms with Gasteiger partial charge in [-0.25, -0.2) is 0 Å². The molecule has 1 rings (SSSR count). The summed E-state index contributed by atoms with van der Waals surface area (Å²) in [4.78, 5) is 0. The van der Waals surface area contributed by atoms with Crippen LogP contribution in [0.4, 0.5) is 0 Å². The molecule has 16 heavy (non-hydrogen) atoms. The Labute approximate surface area is 95.8 Å². The third kappa shape index (κ3) is 2.79. The Balaban J connectivity index is 3.09. The van der Waals surface area contributed by atoms with Crippen LogP contribution in [0.3, 0.4) is 0 Å². The number of ether oxygens (including phenoxy) is 3. The first-order valence-electron chi connectivity index (χ1n) is 5.16. The Bertz CT molecular complexity index is 336. The molecule has 0 radical (unpaired) electrons. The number of aliphatic hydroxyl groups is 1. The maximum Gasteiger partial charge on any atom is 0.164 e. The molecule has 0 fully saturated rings. The summed E-state index contributed by atoms with van der Waals surface area (Å²) >= 11 is 0. The lowest BCUT2D eigenvalue weighted by atomic mass is 10.1.